The third-order valence-corrected chi connectivity index (χ3v) is 2.96. The van der Waals surface area contributed by atoms with Crippen LogP contribution >= 0.6 is 0 Å². The number of nitrogens with one attached hydrogen (secondary N) is 1. The molecule has 0 aromatic heterocycles. The van der Waals surface area contributed by atoms with Crippen molar-refractivity contribution in [2.24, 2.45) is 5.73 Å². The molecule has 0 heterocycles. The Kier molecular flexibility index (Phi) is 6.01. The SMILES string of the molecule is CC(C)(C)OC(=O)Nc1cc(C(F)(F)F)ccc1C(CN)CO. The Bertz CT molecular complexity index is 550. The number of ether oxygens (including phenoxy) is 1. The summed E-state index contributed by atoms with van der Waals surface area (Å²) in [6.07, 6.45) is -5.44. The van der Waals surface area contributed by atoms with Crippen LogP contribution in [0.4, 0.5) is 23.7 Å². The van der Waals surface area contributed by atoms with Crippen molar-refractivity contribution in [3.63, 3.8) is 0 Å². The monoisotopic (exact) mass is 334 g/mol. The minimum absolute atomic E-state index is 0.0187. The summed E-state index contributed by atoms with van der Waals surface area (Å²) in [6, 6.07) is 2.88. The standard InChI is InChI=1S/C15H21F3N2O3/c1-14(2,3)23-13(22)20-12-6-10(15(16,17)18)4-5-11(12)9(7-19)8-21/h4-6,9,21H,7-8,19H2,1-3H3,(H,20,22). The van der Waals surface area contributed by atoms with Crippen LogP contribution in [0.1, 0.15) is 37.8 Å². The van der Waals surface area contributed by atoms with Crippen LogP contribution < -0.4 is 11.1 Å². The van der Waals surface area contributed by atoms with Crippen LogP contribution in [-0.2, 0) is 10.9 Å². The molecule has 1 rings (SSSR count). The Morgan fingerprint density at radius 3 is 2.39 bits per heavy atom. The highest BCUT2D eigenvalue weighted by Crippen LogP contribution is 2.34. The molecule has 1 aromatic rings. The van der Waals surface area contributed by atoms with E-state index in [4.69, 9.17) is 10.5 Å². The number of nitrogens with two attached hydrogens (primary N) is 1. The quantitative estimate of drug-likeness (QED) is 0.790. The molecule has 1 unspecified atom stereocenters. The zero-order chi connectivity index (χ0) is 17.8. The van der Waals surface area contributed by atoms with Crippen molar-refractivity contribution in [1.29, 1.82) is 0 Å². The summed E-state index contributed by atoms with van der Waals surface area (Å²) >= 11 is 0. The lowest BCUT2D eigenvalue weighted by Crippen LogP contribution is -2.28. The molecule has 0 spiro atoms. The van der Waals surface area contributed by atoms with E-state index < -0.39 is 29.4 Å². The number of hydrogen-bond donors (Lipinski definition) is 3. The number of aliphatic hydroxyl groups is 1. The number of alkyl halides is 3. The van der Waals surface area contributed by atoms with Gasteiger partial charge in [-0.15, -0.1) is 0 Å². The van der Waals surface area contributed by atoms with Crippen molar-refractivity contribution >= 4 is 11.8 Å². The van der Waals surface area contributed by atoms with E-state index in [-0.39, 0.29) is 18.8 Å². The zero-order valence-electron chi connectivity index (χ0n) is 13.2. The fourth-order valence-electron chi connectivity index (χ4n) is 1.91. The molecular formula is C15H21F3N2O3. The molecule has 1 amide bonds. The number of anilines is 1. The van der Waals surface area contributed by atoms with Crippen molar-refractivity contribution in [2.45, 2.75) is 38.5 Å². The smallest absolute Gasteiger partial charge is 0.416 e. The maximum Gasteiger partial charge on any atom is 0.416 e. The molecule has 0 saturated carbocycles. The van der Waals surface area contributed by atoms with Gasteiger partial charge in [-0.25, -0.2) is 4.79 Å². The van der Waals surface area contributed by atoms with Gasteiger partial charge >= 0.3 is 12.3 Å². The maximum absolute atomic E-state index is 12.9. The maximum atomic E-state index is 12.9. The van der Waals surface area contributed by atoms with Gasteiger partial charge in [-0.05, 0) is 38.5 Å². The molecule has 23 heavy (non-hydrogen) atoms. The normalized spacial score (nSPS) is 13.6. The summed E-state index contributed by atoms with van der Waals surface area (Å²) in [5, 5.41) is 11.6. The Hall–Kier alpha value is -1.80. The predicted octanol–water partition coefficient (Wildman–Crippen LogP) is 3.09. The van der Waals surface area contributed by atoms with E-state index >= 15 is 0 Å². The lowest BCUT2D eigenvalue weighted by atomic mass is 9.96. The van der Waals surface area contributed by atoms with Gasteiger partial charge in [0, 0.05) is 18.2 Å². The minimum atomic E-state index is -4.56. The van der Waals surface area contributed by atoms with E-state index in [1.807, 2.05) is 0 Å². The number of aliphatic hydroxyl groups excluding tert-OH is 1. The van der Waals surface area contributed by atoms with E-state index in [9.17, 15) is 23.1 Å². The Morgan fingerprint density at radius 1 is 1.35 bits per heavy atom. The highest BCUT2D eigenvalue weighted by Gasteiger charge is 2.32. The molecule has 0 bridgehead atoms. The van der Waals surface area contributed by atoms with Crippen LogP contribution in [0.5, 0.6) is 0 Å². The topological polar surface area (TPSA) is 84.6 Å². The molecule has 4 N–H and O–H groups in total. The largest absolute Gasteiger partial charge is 0.444 e. The number of rotatable bonds is 4. The van der Waals surface area contributed by atoms with Crippen LogP contribution in [0.2, 0.25) is 0 Å². The van der Waals surface area contributed by atoms with Gasteiger partial charge in [0.25, 0.3) is 0 Å². The van der Waals surface area contributed by atoms with Gasteiger partial charge in [-0.2, -0.15) is 13.2 Å². The van der Waals surface area contributed by atoms with Gasteiger partial charge in [-0.3, -0.25) is 5.32 Å². The third kappa shape index (κ3) is 5.72. The number of amides is 1. The van der Waals surface area contributed by atoms with Gasteiger partial charge in [0.1, 0.15) is 5.60 Å². The Morgan fingerprint density at radius 2 is 1.96 bits per heavy atom. The molecule has 0 aliphatic rings. The molecule has 8 heteroatoms. The van der Waals surface area contributed by atoms with Crippen LogP contribution in [0.25, 0.3) is 0 Å². The fourth-order valence-corrected chi connectivity index (χ4v) is 1.91. The number of benzene rings is 1. The molecule has 0 fully saturated rings. The second-order valence-corrected chi connectivity index (χ2v) is 6.04. The Balaban J connectivity index is 3.20. The van der Waals surface area contributed by atoms with Crippen LogP contribution in [-0.4, -0.2) is 30.0 Å². The second kappa shape index (κ2) is 7.18. The summed E-state index contributed by atoms with van der Waals surface area (Å²) < 4.78 is 43.6. The first-order chi connectivity index (χ1) is 10.5. The van der Waals surface area contributed by atoms with Crippen LogP contribution in [0, 0.1) is 0 Å². The second-order valence-electron chi connectivity index (χ2n) is 6.04. The van der Waals surface area contributed by atoms with Crippen LogP contribution in [0.15, 0.2) is 18.2 Å². The minimum Gasteiger partial charge on any atom is -0.444 e. The summed E-state index contributed by atoms with van der Waals surface area (Å²) in [5.74, 6) is -0.595. The lowest BCUT2D eigenvalue weighted by molar-refractivity contribution is -0.137. The summed E-state index contributed by atoms with van der Waals surface area (Å²) in [5.41, 5.74) is 4.03. The molecule has 0 aliphatic heterocycles. The lowest BCUT2D eigenvalue weighted by Gasteiger charge is -2.22. The van der Waals surface area contributed by atoms with Gasteiger partial charge < -0.3 is 15.6 Å². The molecule has 1 atom stereocenters. The van der Waals surface area contributed by atoms with Gasteiger partial charge in [0.05, 0.1) is 12.2 Å². The van der Waals surface area contributed by atoms with Crippen molar-refractivity contribution in [1.82, 2.24) is 0 Å². The summed E-state index contributed by atoms with van der Waals surface area (Å²) in [4.78, 5) is 11.8. The zero-order valence-corrected chi connectivity index (χ0v) is 13.2. The number of carbonyl (C=O) groups is 1. The average molecular weight is 334 g/mol. The van der Waals surface area contributed by atoms with Gasteiger partial charge in [0.2, 0.25) is 0 Å². The molecule has 0 aliphatic carbocycles. The highest BCUT2D eigenvalue weighted by atomic mass is 19.4. The first-order valence-corrected chi connectivity index (χ1v) is 7.00. The van der Waals surface area contributed by atoms with Crippen molar-refractivity contribution < 1.29 is 27.8 Å². The summed E-state index contributed by atoms with van der Waals surface area (Å²) in [7, 11) is 0. The average Bonchev–Trinajstić information content (AvgIpc) is 2.38. The molecule has 0 radical (unpaired) electrons. The fraction of sp³-hybridized carbons (Fsp3) is 0.533. The number of halogens is 3. The van der Waals surface area contributed by atoms with E-state index in [1.165, 1.54) is 6.07 Å². The molecule has 130 valence electrons. The highest BCUT2D eigenvalue weighted by molar-refractivity contribution is 5.86. The Labute approximate surface area is 132 Å². The molecule has 0 saturated heterocycles. The molecular weight excluding hydrogens is 313 g/mol. The third-order valence-electron chi connectivity index (χ3n) is 2.96. The van der Waals surface area contributed by atoms with Gasteiger partial charge in [0.15, 0.2) is 0 Å². The van der Waals surface area contributed by atoms with E-state index in [1.54, 1.807) is 20.8 Å². The summed E-state index contributed by atoms with van der Waals surface area (Å²) in [6.45, 7) is 4.57. The van der Waals surface area contributed by atoms with Gasteiger partial charge in [-0.1, -0.05) is 6.07 Å². The van der Waals surface area contributed by atoms with E-state index in [2.05, 4.69) is 5.32 Å². The molecule has 1 aromatic carbocycles. The number of carbonyl (C=O) groups excluding carboxylic acids is 1. The number of hydrogen-bond acceptors (Lipinski definition) is 4. The van der Waals surface area contributed by atoms with Crippen molar-refractivity contribution in [3.05, 3.63) is 29.3 Å². The predicted molar refractivity (Wildman–Crippen MR) is 80.2 cm³/mol. The first-order valence-electron chi connectivity index (χ1n) is 7.00. The van der Waals surface area contributed by atoms with Crippen molar-refractivity contribution in [2.75, 3.05) is 18.5 Å². The van der Waals surface area contributed by atoms with E-state index in [0.717, 1.165) is 12.1 Å². The van der Waals surface area contributed by atoms with Crippen LogP contribution in [0.3, 0.4) is 0 Å². The first kappa shape index (κ1) is 19.2. The van der Waals surface area contributed by atoms with Crippen molar-refractivity contribution in [3.8, 4) is 0 Å². The molecule has 5 nitrogen and oxygen atoms in total. The van der Waals surface area contributed by atoms with E-state index in [0.29, 0.717) is 5.56 Å².